The van der Waals surface area contributed by atoms with E-state index in [1.54, 1.807) is 23.9 Å². The van der Waals surface area contributed by atoms with Gasteiger partial charge in [-0.2, -0.15) is 0 Å². The van der Waals surface area contributed by atoms with Crippen molar-refractivity contribution in [1.29, 1.82) is 0 Å². The molecule has 0 radical (unpaired) electrons. The summed E-state index contributed by atoms with van der Waals surface area (Å²) in [5.41, 5.74) is 1.87. The van der Waals surface area contributed by atoms with Crippen molar-refractivity contribution in [3.8, 4) is 5.75 Å². The number of nitrogens with one attached hydrogen (secondary N) is 1. The molecule has 2 aromatic carbocycles. The number of ether oxygens (including phenoxy) is 1. The molecule has 25 heavy (non-hydrogen) atoms. The van der Waals surface area contributed by atoms with Crippen LogP contribution >= 0.6 is 11.8 Å². The van der Waals surface area contributed by atoms with Crippen molar-refractivity contribution in [2.45, 2.75) is 42.5 Å². The molecule has 6 heteroatoms. The molecule has 0 aliphatic carbocycles. The van der Waals surface area contributed by atoms with Crippen molar-refractivity contribution < 1.29 is 13.2 Å². The van der Waals surface area contributed by atoms with Gasteiger partial charge in [0.25, 0.3) is 0 Å². The summed E-state index contributed by atoms with van der Waals surface area (Å²) in [6.45, 7) is 5.90. The number of hydrogen-bond donors (Lipinski definition) is 1. The molecular weight excluding hydrogens is 354 g/mol. The Labute approximate surface area is 155 Å². The lowest BCUT2D eigenvalue weighted by molar-refractivity contribution is 0.401. The summed E-state index contributed by atoms with van der Waals surface area (Å²) in [6.07, 6.45) is 2.01. The van der Waals surface area contributed by atoms with E-state index in [0.29, 0.717) is 5.75 Å². The van der Waals surface area contributed by atoms with E-state index in [4.69, 9.17) is 4.74 Å². The van der Waals surface area contributed by atoms with Crippen LogP contribution in [0.2, 0.25) is 0 Å². The average Bonchev–Trinajstić information content (AvgIpc) is 2.60. The largest absolute Gasteiger partial charge is 0.495 e. The number of rotatable bonds is 7. The molecule has 2 rings (SSSR count). The van der Waals surface area contributed by atoms with E-state index in [1.165, 1.54) is 7.11 Å². The van der Waals surface area contributed by atoms with Crippen LogP contribution in [0.25, 0.3) is 0 Å². The van der Waals surface area contributed by atoms with Gasteiger partial charge in [-0.05, 0) is 54.5 Å². The van der Waals surface area contributed by atoms with Gasteiger partial charge in [-0.3, -0.25) is 0 Å². The molecule has 0 fully saturated rings. The number of thioether (sulfide) groups is 1. The van der Waals surface area contributed by atoms with Crippen LogP contribution in [0.4, 0.5) is 0 Å². The molecule has 1 N–H and O–H groups in total. The van der Waals surface area contributed by atoms with Gasteiger partial charge in [-0.25, -0.2) is 13.1 Å². The first-order valence-corrected chi connectivity index (χ1v) is 10.8. The zero-order valence-corrected chi connectivity index (χ0v) is 16.9. The first-order valence-electron chi connectivity index (χ1n) is 8.12. The van der Waals surface area contributed by atoms with Crippen molar-refractivity contribution in [3.63, 3.8) is 0 Å². The molecule has 4 nitrogen and oxygen atoms in total. The molecular formula is C19H25NO3S2. The van der Waals surface area contributed by atoms with Gasteiger partial charge in [0.15, 0.2) is 0 Å². The summed E-state index contributed by atoms with van der Waals surface area (Å²) < 4.78 is 33.8. The molecule has 0 spiro atoms. The fourth-order valence-electron chi connectivity index (χ4n) is 2.52. The number of sulfonamides is 1. The van der Waals surface area contributed by atoms with Gasteiger partial charge in [0.1, 0.15) is 10.6 Å². The Morgan fingerprint density at radius 2 is 1.60 bits per heavy atom. The fourth-order valence-corrected chi connectivity index (χ4v) is 4.36. The highest BCUT2D eigenvalue weighted by molar-refractivity contribution is 7.98. The lowest BCUT2D eigenvalue weighted by atomic mass is 10.0. The molecule has 0 bridgehead atoms. The van der Waals surface area contributed by atoms with Crippen molar-refractivity contribution >= 4 is 21.8 Å². The molecule has 136 valence electrons. The van der Waals surface area contributed by atoms with Crippen LogP contribution in [0, 0.1) is 0 Å². The Hall–Kier alpha value is -1.50. The molecule has 0 unspecified atom stereocenters. The van der Waals surface area contributed by atoms with Crippen molar-refractivity contribution in [2.24, 2.45) is 0 Å². The third kappa shape index (κ3) is 4.77. The highest BCUT2D eigenvalue weighted by Crippen LogP contribution is 2.29. The predicted octanol–water partition coefficient (Wildman–Crippen LogP) is 4.58. The van der Waals surface area contributed by atoms with Gasteiger partial charge in [0.2, 0.25) is 10.0 Å². The van der Waals surface area contributed by atoms with E-state index < -0.39 is 10.0 Å². The molecule has 0 amide bonds. The second kappa shape index (κ2) is 8.25. The van der Waals surface area contributed by atoms with Crippen LogP contribution in [0.15, 0.2) is 52.3 Å². The van der Waals surface area contributed by atoms with Crippen molar-refractivity contribution in [2.75, 3.05) is 13.4 Å². The van der Waals surface area contributed by atoms with Crippen LogP contribution < -0.4 is 9.46 Å². The molecule has 0 aliphatic heterocycles. The van der Waals surface area contributed by atoms with Crippen LogP contribution in [-0.2, 0) is 10.0 Å². The third-order valence-electron chi connectivity index (χ3n) is 4.09. The summed E-state index contributed by atoms with van der Waals surface area (Å²) >= 11 is 1.65. The molecule has 0 aliphatic rings. The number of benzene rings is 2. The lowest BCUT2D eigenvalue weighted by Crippen LogP contribution is -2.27. The Kier molecular flexibility index (Phi) is 6.54. The fraction of sp³-hybridized carbons (Fsp3) is 0.368. The summed E-state index contributed by atoms with van der Waals surface area (Å²) in [5.74, 6) is 0.582. The Morgan fingerprint density at radius 1 is 1.00 bits per heavy atom. The summed E-state index contributed by atoms with van der Waals surface area (Å²) in [6, 6.07) is 12.8. The number of hydrogen-bond acceptors (Lipinski definition) is 4. The van der Waals surface area contributed by atoms with Gasteiger partial charge in [0.05, 0.1) is 7.11 Å². The maximum atomic E-state index is 12.9. The topological polar surface area (TPSA) is 55.4 Å². The molecule has 1 atom stereocenters. The quantitative estimate of drug-likeness (QED) is 0.716. The van der Waals surface area contributed by atoms with Crippen LogP contribution in [0.3, 0.4) is 0 Å². The molecule has 0 aromatic heterocycles. The minimum absolute atomic E-state index is 0.175. The standard InChI is InChI=1S/C19H25NO3S2/c1-13(2)16-8-11-18(23-4)19(12-16)25(21,22)20-14(3)15-6-9-17(24-5)10-7-15/h6-14,20H,1-5H3/t14-/m0/s1. The van der Waals surface area contributed by atoms with Crippen LogP contribution in [0.5, 0.6) is 5.75 Å². The van der Waals surface area contributed by atoms with Crippen molar-refractivity contribution in [1.82, 2.24) is 4.72 Å². The van der Waals surface area contributed by atoms with E-state index in [2.05, 4.69) is 4.72 Å². The van der Waals surface area contributed by atoms with E-state index in [9.17, 15) is 8.42 Å². The Morgan fingerprint density at radius 3 is 2.12 bits per heavy atom. The minimum Gasteiger partial charge on any atom is -0.495 e. The second-order valence-electron chi connectivity index (χ2n) is 6.18. The first-order chi connectivity index (χ1) is 11.8. The SMILES string of the molecule is COc1ccc(C(C)C)cc1S(=O)(=O)N[C@@H](C)c1ccc(SC)cc1. The summed E-state index contributed by atoms with van der Waals surface area (Å²) in [7, 11) is -2.22. The van der Waals surface area contributed by atoms with Gasteiger partial charge in [-0.15, -0.1) is 11.8 Å². The van der Waals surface area contributed by atoms with Gasteiger partial charge in [0, 0.05) is 10.9 Å². The van der Waals surface area contributed by atoms with E-state index in [-0.39, 0.29) is 16.9 Å². The lowest BCUT2D eigenvalue weighted by Gasteiger charge is -2.18. The van der Waals surface area contributed by atoms with Gasteiger partial charge >= 0.3 is 0 Å². The first kappa shape index (κ1) is 19.8. The van der Waals surface area contributed by atoms with E-state index >= 15 is 0 Å². The molecule has 0 saturated heterocycles. The van der Waals surface area contributed by atoms with E-state index in [0.717, 1.165) is 16.0 Å². The van der Waals surface area contributed by atoms with Crippen LogP contribution in [-0.4, -0.2) is 21.8 Å². The maximum absolute atomic E-state index is 12.9. The predicted molar refractivity (Wildman–Crippen MR) is 104 cm³/mol. The van der Waals surface area contributed by atoms with Crippen LogP contribution in [0.1, 0.15) is 43.9 Å². The van der Waals surface area contributed by atoms with E-state index in [1.807, 2.05) is 57.4 Å². The second-order valence-corrected chi connectivity index (χ2v) is 8.74. The van der Waals surface area contributed by atoms with Gasteiger partial charge in [-0.1, -0.05) is 32.0 Å². The zero-order chi connectivity index (χ0) is 18.6. The summed E-state index contributed by atoms with van der Waals surface area (Å²) in [4.78, 5) is 1.32. The van der Waals surface area contributed by atoms with Crippen molar-refractivity contribution in [3.05, 3.63) is 53.6 Å². The highest BCUT2D eigenvalue weighted by atomic mass is 32.2. The molecule has 2 aromatic rings. The monoisotopic (exact) mass is 379 g/mol. The molecule has 0 heterocycles. The molecule has 0 saturated carbocycles. The zero-order valence-electron chi connectivity index (χ0n) is 15.2. The normalized spacial score (nSPS) is 13.0. The summed E-state index contributed by atoms with van der Waals surface area (Å²) in [5, 5.41) is 0. The number of methoxy groups -OCH3 is 1. The Balaban J connectivity index is 2.32. The smallest absolute Gasteiger partial charge is 0.244 e. The maximum Gasteiger partial charge on any atom is 0.244 e. The highest BCUT2D eigenvalue weighted by Gasteiger charge is 2.23. The average molecular weight is 380 g/mol. The minimum atomic E-state index is -3.70. The van der Waals surface area contributed by atoms with Gasteiger partial charge < -0.3 is 4.74 Å². The Bertz CT molecular complexity index is 815. The third-order valence-corrected chi connectivity index (χ3v) is 6.40.